The molecule has 1 aliphatic rings. The molecule has 0 aromatic carbocycles. The quantitative estimate of drug-likeness (QED) is 0.672. The van der Waals surface area contributed by atoms with Gasteiger partial charge < -0.3 is 9.84 Å². The zero-order valence-corrected chi connectivity index (χ0v) is 15.4. The SMILES string of the molecule is COC1CCN(N(C(=O)c2c(C(=O)O)cnn2C)c2ccc3ncnn3c2)C1. The summed E-state index contributed by atoms with van der Waals surface area (Å²) in [5, 5.41) is 20.8. The molecule has 1 unspecified atom stereocenters. The van der Waals surface area contributed by atoms with Gasteiger partial charge in [0.1, 0.15) is 17.6 Å². The number of carbonyl (C=O) groups is 2. The first kappa shape index (κ1) is 18.1. The lowest BCUT2D eigenvalue weighted by Gasteiger charge is -2.31. The van der Waals surface area contributed by atoms with Gasteiger partial charge in [-0.2, -0.15) is 10.2 Å². The van der Waals surface area contributed by atoms with Crippen LogP contribution in [0.25, 0.3) is 5.65 Å². The second-order valence-electron chi connectivity index (χ2n) is 6.46. The third-order valence-electron chi connectivity index (χ3n) is 4.81. The molecular formula is C17H19N7O4. The van der Waals surface area contributed by atoms with Gasteiger partial charge in [-0.15, -0.1) is 0 Å². The number of aryl methyl sites for hydroxylation is 1. The van der Waals surface area contributed by atoms with E-state index in [4.69, 9.17) is 4.74 Å². The molecule has 1 aliphatic heterocycles. The Labute approximate surface area is 159 Å². The Hall–Kier alpha value is -3.31. The van der Waals surface area contributed by atoms with Crippen LogP contribution in [0.4, 0.5) is 5.69 Å². The molecule has 3 aromatic heterocycles. The van der Waals surface area contributed by atoms with E-state index in [-0.39, 0.29) is 17.4 Å². The van der Waals surface area contributed by atoms with Crippen molar-refractivity contribution in [2.24, 2.45) is 7.05 Å². The number of nitrogens with zero attached hydrogens (tertiary/aromatic N) is 7. The molecule has 11 nitrogen and oxygen atoms in total. The number of aromatic nitrogens is 5. The number of carboxylic acids is 1. The number of carboxylic acid groups (broad SMARTS) is 1. The van der Waals surface area contributed by atoms with Crippen LogP contribution in [0.2, 0.25) is 0 Å². The predicted octanol–water partition coefficient (Wildman–Crippen LogP) is 0.444. The van der Waals surface area contributed by atoms with E-state index >= 15 is 0 Å². The highest BCUT2D eigenvalue weighted by Gasteiger charge is 2.35. The van der Waals surface area contributed by atoms with Gasteiger partial charge in [0.05, 0.1) is 24.2 Å². The van der Waals surface area contributed by atoms with E-state index in [2.05, 4.69) is 15.2 Å². The van der Waals surface area contributed by atoms with Crippen LogP contribution in [0.15, 0.2) is 30.9 Å². The van der Waals surface area contributed by atoms with Gasteiger partial charge in [-0.25, -0.2) is 24.3 Å². The van der Waals surface area contributed by atoms with Gasteiger partial charge in [-0.3, -0.25) is 9.48 Å². The maximum Gasteiger partial charge on any atom is 0.339 e. The fourth-order valence-electron chi connectivity index (χ4n) is 3.37. The van der Waals surface area contributed by atoms with Crippen molar-refractivity contribution in [3.63, 3.8) is 0 Å². The molecule has 1 amide bonds. The second kappa shape index (κ2) is 7.02. The number of pyridine rings is 1. The molecule has 28 heavy (non-hydrogen) atoms. The number of ether oxygens (including phenoxy) is 1. The average Bonchev–Trinajstić information content (AvgIpc) is 3.40. The molecule has 0 saturated carbocycles. The third-order valence-corrected chi connectivity index (χ3v) is 4.81. The Bertz CT molecular complexity index is 1040. The summed E-state index contributed by atoms with van der Waals surface area (Å²) in [6.07, 6.45) is 5.01. The minimum Gasteiger partial charge on any atom is -0.478 e. The summed E-state index contributed by atoms with van der Waals surface area (Å²) in [5.74, 6) is -1.70. The van der Waals surface area contributed by atoms with Crippen molar-refractivity contribution in [1.82, 2.24) is 29.4 Å². The van der Waals surface area contributed by atoms with E-state index in [0.717, 1.165) is 6.42 Å². The number of aromatic carboxylic acids is 1. The van der Waals surface area contributed by atoms with Crippen molar-refractivity contribution in [1.29, 1.82) is 0 Å². The van der Waals surface area contributed by atoms with Crippen LogP contribution < -0.4 is 5.01 Å². The van der Waals surface area contributed by atoms with Crippen molar-refractivity contribution < 1.29 is 19.4 Å². The average molecular weight is 385 g/mol. The van der Waals surface area contributed by atoms with Gasteiger partial charge >= 0.3 is 5.97 Å². The second-order valence-corrected chi connectivity index (χ2v) is 6.46. The fraction of sp³-hybridized carbons (Fsp3) is 0.353. The molecule has 0 aliphatic carbocycles. The Morgan fingerprint density at radius 1 is 1.32 bits per heavy atom. The van der Waals surface area contributed by atoms with Crippen LogP contribution in [0.1, 0.15) is 27.3 Å². The summed E-state index contributed by atoms with van der Waals surface area (Å²) >= 11 is 0. The number of hydrogen-bond donors (Lipinski definition) is 1. The van der Waals surface area contributed by atoms with Crippen molar-refractivity contribution in [2.45, 2.75) is 12.5 Å². The normalized spacial score (nSPS) is 17.3. The van der Waals surface area contributed by atoms with Crippen LogP contribution in [0, 0.1) is 0 Å². The van der Waals surface area contributed by atoms with Crippen molar-refractivity contribution >= 4 is 23.2 Å². The predicted molar refractivity (Wildman–Crippen MR) is 97.0 cm³/mol. The standard InChI is InChI=1S/C17H19N7O4/c1-21-15(13(7-19-21)17(26)27)16(25)24(22-6-5-12(9-22)28-2)11-3-4-14-18-10-20-23(14)8-11/h3-4,7-8,10,12H,5-6,9H2,1-2H3,(H,26,27). The van der Waals surface area contributed by atoms with Crippen LogP contribution in [0.3, 0.4) is 0 Å². The lowest BCUT2D eigenvalue weighted by Crippen LogP contribution is -2.47. The minimum atomic E-state index is -1.21. The van der Waals surface area contributed by atoms with E-state index < -0.39 is 11.9 Å². The summed E-state index contributed by atoms with van der Waals surface area (Å²) in [6.45, 7) is 1.08. The van der Waals surface area contributed by atoms with Gasteiger partial charge in [0, 0.05) is 27.2 Å². The first-order chi connectivity index (χ1) is 13.5. The number of hydrogen-bond acceptors (Lipinski definition) is 7. The number of hydrazine groups is 1. The fourth-order valence-corrected chi connectivity index (χ4v) is 3.37. The zero-order valence-electron chi connectivity index (χ0n) is 15.4. The Morgan fingerprint density at radius 3 is 2.86 bits per heavy atom. The third kappa shape index (κ3) is 3.00. The highest BCUT2D eigenvalue weighted by Crippen LogP contribution is 2.25. The highest BCUT2D eigenvalue weighted by atomic mass is 16.5. The molecular weight excluding hydrogens is 366 g/mol. The van der Waals surface area contributed by atoms with Crippen molar-refractivity contribution in [2.75, 3.05) is 25.2 Å². The molecule has 0 spiro atoms. The van der Waals surface area contributed by atoms with Crippen LogP contribution >= 0.6 is 0 Å². The number of anilines is 1. The molecule has 0 bridgehead atoms. The smallest absolute Gasteiger partial charge is 0.339 e. The van der Waals surface area contributed by atoms with Crippen LogP contribution in [-0.2, 0) is 11.8 Å². The summed E-state index contributed by atoms with van der Waals surface area (Å²) in [6, 6.07) is 3.49. The molecule has 1 N–H and O–H groups in total. The molecule has 3 aromatic rings. The molecule has 1 fully saturated rings. The molecule has 4 rings (SSSR count). The van der Waals surface area contributed by atoms with E-state index in [1.165, 1.54) is 22.2 Å². The van der Waals surface area contributed by atoms with Crippen LogP contribution in [-0.4, -0.2) is 72.7 Å². The molecule has 1 saturated heterocycles. The van der Waals surface area contributed by atoms with Gasteiger partial charge in [-0.05, 0) is 18.6 Å². The first-order valence-electron chi connectivity index (χ1n) is 8.66. The largest absolute Gasteiger partial charge is 0.478 e. The number of carbonyl (C=O) groups excluding carboxylic acids is 1. The van der Waals surface area contributed by atoms with Gasteiger partial charge in [0.15, 0.2) is 5.65 Å². The summed E-state index contributed by atoms with van der Waals surface area (Å²) < 4.78 is 8.25. The number of fused-ring (bicyclic) bond motifs is 1. The van der Waals surface area contributed by atoms with E-state index in [1.807, 2.05) is 5.01 Å². The summed E-state index contributed by atoms with van der Waals surface area (Å²) in [7, 11) is 3.17. The molecule has 1 atom stereocenters. The molecule has 0 radical (unpaired) electrons. The lowest BCUT2D eigenvalue weighted by molar-refractivity contribution is 0.0687. The van der Waals surface area contributed by atoms with Crippen molar-refractivity contribution in [3.05, 3.63) is 42.1 Å². The highest BCUT2D eigenvalue weighted by molar-refractivity contribution is 6.10. The molecule has 4 heterocycles. The van der Waals surface area contributed by atoms with Crippen molar-refractivity contribution in [3.8, 4) is 0 Å². The van der Waals surface area contributed by atoms with Gasteiger partial charge in [0.25, 0.3) is 5.91 Å². The Balaban J connectivity index is 1.80. The van der Waals surface area contributed by atoms with E-state index in [1.54, 1.807) is 37.0 Å². The first-order valence-corrected chi connectivity index (χ1v) is 8.66. The van der Waals surface area contributed by atoms with Crippen LogP contribution in [0.5, 0.6) is 0 Å². The maximum absolute atomic E-state index is 13.5. The number of methoxy groups -OCH3 is 1. The molecule has 146 valence electrons. The lowest BCUT2D eigenvalue weighted by atomic mass is 10.2. The summed E-state index contributed by atoms with van der Waals surface area (Å²) in [4.78, 5) is 29.2. The number of amides is 1. The van der Waals surface area contributed by atoms with Gasteiger partial charge in [-0.1, -0.05) is 0 Å². The van der Waals surface area contributed by atoms with E-state index in [0.29, 0.717) is 24.4 Å². The van der Waals surface area contributed by atoms with E-state index in [9.17, 15) is 14.7 Å². The maximum atomic E-state index is 13.5. The zero-order chi connectivity index (χ0) is 19.8. The van der Waals surface area contributed by atoms with Gasteiger partial charge in [0.2, 0.25) is 0 Å². The Morgan fingerprint density at radius 2 is 2.14 bits per heavy atom. The molecule has 11 heteroatoms. The number of rotatable bonds is 5. The monoisotopic (exact) mass is 385 g/mol. The minimum absolute atomic E-state index is 0.00736. The summed E-state index contributed by atoms with van der Waals surface area (Å²) in [5.41, 5.74) is 1.02. The topological polar surface area (TPSA) is 118 Å². The Kier molecular flexibility index (Phi) is 4.53.